The second kappa shape index (κ2) is 8.03. The van der Waals surface area contributed by atoms with Crippen LogP contribution in [0.25, 0.3) is 0 Å². The molecular weight excluding hydrogens is 260 g/mol. The molecule has 3 unspecified atom stereocenters. The fourth-order valence-corrected chi connectivity index (χ4v) is 3.07. The molecule has 0 saturated carbocycles. The van der Waals surface area contributed by atoms with Gasteiger partial charge in [0.1, 0.15) is 5.76 Å². The maximum absolute atomic E-state index is 5.77. The molecule has 122 valence electrons. The summed E-state index contributed by atoms with van der Waals surface area (Å²) in [7, 11) is 0. The first-order valence-corrected chi connectivity index (χ1v) is 8.39. The third-order valence-corrected chi connectivity index (χ3v) is 4.06. The van der Waals surface area contributed by atoms with Crippen LogP contribution in [-0.4, -0.2) is 12.9 Å². The van der Waals surface area contributed by atoms with Gasteiger partial charge in [0.05, 0.1) is 0 Å². The van der Waals surface area contributed by atoms with Crippen molar-refractivity contribution >= 4 is 0 Å². The Hall–Kier alpha value is -0.760. The molecule has 2 heteroatoms. The van der Waals surface area contributed by atoms with Gasteiger partial charge in [-0.2, -0.15) is 0 Å². The van der Waals surface area contributed by atoms with Gasteiger partial charge in [0, 0.05) is 6.61 Å². The van der Waals surface area contributed by atoms with Crippen LogP contribution in [0, 0.1) is 23.2 Å². The second-order valence-corrected chi connectivity index (χ2v) is 7.68. The monoisotopic (exact) mass is 294 g/mol. The molecule has 0 spiro atoms. The zero-order chi connectivity index (χ0) is 16.0. The summed E-state index contributed by atoms with van der Waals surface area (Å²) in [6.07, 6.45) is 8.85. The van der Waals surface area contributed by atoms with Crippen LogP contribution in [0.4, 0.5) is 0 Å². The van der Waals surface area contributed by atoms with E-state index in [-0.39, 0.29) is 6.29 Å². The summed E-state index contributed by atoms with van der Waals surface area (Å²) in [6.45, 7) is 16.3. The highest BCUT2D eigenvalue weighted by molar-refractivity contribution is 5.19. The van der Waals surface area contributed by atoms with Crippen molar-refractivity contribution in [1.82, 2.24) is 0 Å². The molecule has 1 rings (SSSR count). The molecular formula is C19H34O2. The molecule has 21 heavy (non-hydrogen) atoms. The minimum atomic E-state index is -0.169. The highest BCUT2D eigenvalue weighted by Crippen LogP contribution is 2.37. The molecule has 0 saturated heterocycles. The van der Waals surface area contributed by atoms with Crippen LogP contribution in [-0.2, 0) is 9.47 Å². The van der Waals surface area contributed by atoms with Gasteiger partial charge in [-0.15, -0.1) is 0 Å². The Morgan fingerprint density at radius 3 is 2.33 bits per heavy atom. The van der Waals surface area contributed by atoms with Gasteiger partial charge < -0.3 is 9.47 Å². The molecule has 1 aliphatic rings. The highest BCUT2D eigenvalue weighted by atomic mass is 16.7. The largest absolute Gasteiger partial charge is 0.466 e. The third-order valence-electron chi connectivity index (χ3n) is 4.06. The summed E-state index contributed by atoms with van der Waals surface area (Å²) >= 11 is 0. The normalized spacial score (nSPS) is 22.1. The maximum atomic E-state index is 5.77. The van der Waals surface area contributed by atoms with Gasteiger partial charge in [0.15, 0.2) is 6.29 Å². The van der Waals surface area contributed by atoms with Crippen molar-refractivity contribution in [2.45, 2.75) is 67.6 Å². The van der Waals surface area contributed by atoms with Gasteiger partial charge >= 0.3 is 0 Å². The van der Waals surface area contributed by atoms with E-state index in [0.717, 1.165) is 18.1 Å². The molecule has 0 aromatic rings. The maximum Gasteiger partial charge on any atom is 0.196 e. The van der Waals surface area contributed by atoms with Gasteiger partial charge in [-0.05, 0) is 62.0 Å². The first-order valence-electron chi connectivity index (χ1n) is 8.39. The average molecular weight is 294 g/mol. The van der Waals surface area contributed by atoms with Gasteiger partial charge in [-0.3, -0.25) is 0 Å². The van der Waals surface area contributed by atoms with Crippen LogP contribution >= 0.6 is 0 Å². The van der Waals surface area contributed by atoms with E-state index in [1.807, 2.05) is 13.8 Å². The lowest BCUT2D eigenvalue weighted by molar-refractivity contribution is -0.0962. The lowest BCUT2D eigenvalue weighted by atomic mass is 9.71. The third kappa shape index (κ3) is 6.69. The van der Waals surface area contributed by atoms with Crippen LogP contribution in [0.2, 0.25) is 0 Å². The minimum Gasteiger partial charge on any atom is -0.466 e. The van der Waals surface area contributed by atoms with E-state index in [2.05, 4.69) is 52.8 Å². The van der Waals surface area contributed by atoms with Crippen molar-refractivity contribution in [2.24, 2.45) is 23.2 Å². The summed E-state index contributed by atoms with van der Waals surface area (Å²) in [5, 5.41) is 0. The molecule has 0 heterocycles. The number of hydrogen-bond donors (Lipinski definition) is 0. The highest BCUT2D eigenvalue weighted by Gasteiger charge is 2.28. The summed E-state index contributed by atoms with van der Waals surface area (Å²) in [6, 6.07) is 0. The molecule has 0 aromatic heterocycles. The van der Waals surface area contributed by atoms with Crippen LogP contribution in [0.5, 0.6) is 0 Å². The van der Waals surface area contributed by atoms with Crippen LogP contribution in [0.3, 0.4) is 0 Å². The van der Waals surface area contributed by atoms with Crippen LogP contribution in [0.15, 0.2) is 24.0 Å². The van der Waals surface area contributed by atoms with Crippen molar-refractivity contribution in [1.29, 1.82) is 0 Å². The van der Waals surface area contributed by atoms with Gasteiger partial charge in [-0.25, -0.2) is 0 Å². The van der Waals surface area contributed by atoms with Crippen LogP contribution in [0.1, 0.15) is 61.3 Å². The van der Waals surface area contributed by atoms with Gasteiger partial charge in [0.25, 0.3) is 0 Å². The fraction of sp³-hybridized carbons (Fsp3) is 0.789. The molecule has 0 fully saturated rings. The topological polar surface area (TPSA) is 18.5 Å². The molecule has 1 aliphatic carbocycles. The van der Waals surface area contributed by atoms with Crippen molar-refractivity contribution in [3.63, 3.8) is 0 Å². The summed E-state index contributed by atoms with van der Waals surface area (Å²) in [5.41, 5.74) is 0.382. The van der Waals surface area contributed by atoms with E-state index in [1.54, 1.807) is 0 Å². The molecule has 0 amide bonds. The fourth-order valence-electron chi connectivity index (χ4n) is 3.07. The molecule has 3 atom stereocenters. The molecule has 0 radical (unpaired) electrons. The lowest BCUT2D eigenvalue weighted by Crippen LogP contribution is -2.25. The standard InChI is InChI=1S/C19H34O2/c1-8-20-15(4)21-17-11-9-16(10-12-17)18(14(2)3)13-19(5,6)7/h9,11-12,14-16,18H,8,10,13H2,1-7H3. The molecule has 0 N–H and O–H groups in total. The Kier molecular flexibility index (Phi) is 6.99. The van der Waals surface area contributed by atoms with Crippen molar-refractivity contribution in [3.05, 3.63) is 24.0 Å². The summed E-state index contributed by atoms with van der Waals surface area (Å²) < 4.78 is 11.2. The van der Waals surface area contributed by atoms with E-state index in [9.17, 15) is 0 Å². The number of rotatable bonds is 7. The first-order chi connectivity index (χ1) is 9.73. The Labute approximate surface area is 131 Å². The predicted molar refractivity (Wildman–Crippen MR) is 89.9 cm³/mol. The SMILES string of the molecule is CCOC(C)OC1=CCC(C(CC(C)(C)C)C(C)C)C=C1. The molecule has 0 aromatic carbocycles. The van der Waals surface area contributed by atoms with Crippen LogP contribution < -0.4 is 0 Å². The van der Waals surface area contributed by atoms with E-state index in [0.29, 0.717) is 23.9 Å². The Balaban J connectivity index is 2.60. The van der Waals surface area contributed by atoms with Gasteiger partial charge in [0.2, 0.25) is 0 Å². The quantitative estimate of drug-likeness (QED) is 0.573. The van der Waals surface area contributed by atoms with E-state index in [1.165, 1.54) is 6.42 Å². The van der Waals surface area contributed by atoms with Gasteiger partial charge in [-0.1, -0.05) is 40.7 Å². The smallest absolute Gasteiger partial charge is 0.196 e. The number of allylic oxidation sites excluding steroid dienone is 3. The number of ether oxygens (including phenoxy) is 2. The Bertz CT molecular complexity index is 360. The van der Waals surface area contributed by atoms with E-state index in [4.69, 9.17) is 9.47 Å². The molecule has 0 bridgehead atoms. The Morgan fingerprint density at radius 2 is 1.90 bits per heavy atom. The lowest BCUT2D eigenvalue weighted by Gasteiger charge is -2.34. The van der Waals surface area contributed by atoms with Crippen molar-refractivity contribution in [2.75, 3.05) is 6.61 Å². The zero-order valence-electron chi connectivity index (χ0n) is 15.0. The Morgan fingerprint density at radius 1 is 1.24 bits per heavy atom. The average Bonchev–Trinajstić information content (AvgIpc) is 2.36. The number of hydrogen-bond acceptors (Lipinski definition) is 2. The van der Waals surface area contributed by atoms with E-state index < -0.39 is 0 Å². The molecule has 0 aliphatic heterocycles. The molecule has 2 nitrogen and oxygen atoms in total. The van der Waals surface area contributed by atoms with Crippen molar-refractivity contribution < 1.29 is 9.47 Å². The minimum absolute atomic E-state index is 0.169. The second-order valence-electron chi connectivity index (χ2n) is 7.68. The summed E-state index contributed by atoms with van der Waals surface area (Å²) in [4.78, 5) is 0. The van der Waals surface area contributed by atoms with Crippen molar-refractivity contribution in [3.8, 4) is 0 Å². The van der Waals surface area contributed by atoms with E-state index >= 15 is 0 Å². The predicted octanol–water partition coefficient (Wildman–Crippen LogP) is 5.55. The first kappa shape index (κ1) is 18.3. The zero-order valence-corrected chi connectivity index (χ0v) is 15.0. The summed E-state index contributed by atoms with van der Waals surface area (Å²) in [5.74, 6) is 3.00.